The van der Waals surface area contributed by atoms with Gasteiger partial charge in [0.15, 0.2) is 0 Å². The summed E-state index contributed by atoms with van der Waals surface area (Å²) in [7, 11) is 0. The molecule has 0 unspecified atom stereocenters. The Morgan fingerprint density at radius 2 is 0.818 bits per heavy atom. The second kappa shape index (κ2) is 9.79. The lowest BCUT2D eigenvalue weighted by atomic mass is 10.1. The summed E-state index contributed by atoms with van der Waals surface area (Å²) >= 11 is 0. The minimum Gasteiger partial charge on any atom is -0.309 e. The van der Waals surface area contributed by atoms with Gasteiger partial charge in [-0.05, 0) is 48.5 Å². The molecule has 0 radical (unpaired) electrons. The predicted octanol–water partition coefficient (Wildman–Crippen LogP) is 10.0. The van der Waals surface area contributed by atoms with Crippen LogP contribution in [0, 0.1) is 0 Å². The summed E-state index contributed by atoms with van der Waals surface area (Å²) in [5.41, 5.74) is 11.0. The molecule has 0 saturated carbocycles. The molecule has 9 aromatic rings. The Kier molecular flexibility index (Phi) is 5.47. The van der Waals surface area contributed by atoms with Crippen molar-refractivity contribution in [3.63, 3.8) is 0 Å². The monoisotopic (exact) mass is 562 g/mol. The van der Waals surface area contributed by atoms with Crippen molar-refractivity contribution in [1.82, 2.24) is 19.1 Å². The third-order valence-electron chi connectivity index (χ3n) is 8.59. The molecule has 0 amide bonds. The van der Waals surface area contributed by atoms with Crippen LogP contribution < -0.4 is 0 Å². The summed E-state index contributed by atoms with van der Waals surface area (Å²) in [6.45, 7) is 0. The molecule has 5 aromatic carbocycles. The molecule has 44 heavy (non-hydrogen) atoms. The number of benzene rings is 5. The van der Waals surface area contributed by atoms with Crippen molar-refractivity contribution in [2.75, 3.05) is 0 Å². The van der Waals surface area contributed by atoms with Gasteiger partial charge in [-0.1, -0.05) is 97.1 Å². The smallest absolute Gasteiger partial charge is 0.0730 e. The minimum absolute atomic E-state index is 0.947. The van der Waals surface area contributed by atoms with E-state index in [1.54, 1.807) is 0 Å². The third kappa shape index (κ3) is 3.78. The van der Waals surface area contributed by atoms with Crippen molar-refractivity contribution in [3.05, 3.63) is 158 Å². The second-order valence-electron chi connectivity index (χ2n) is 11.1. The van der Waals surface area contributed by atoms with E-state index in [4.69, 9.17) is 4.98 Å². The van der Waals surface area contributed by atoms with Gasteiger partial charge in [0, 0.05) is 50.8 Å². The normalized spacial score (nSPS) is 11.6. The van der Waals surface area contributed by atoms with Gasteiger partial charge in [-0.2, -0.15) is 0 Å². The highest BCUT2D eigenvalue weighted by Gasteiger charge is 2.19. The highest BCUT2D eigenvalue weighted by Crippen LogP contribution is 2.40. The van der Waals surface area contributed by atoms with Crippen molar-refractivity contribution < 1.29 is 0 Å². The molecule has 4 heteroatoms. The summed E-state index contributed by atoms with van der Waals surface area (Å²) < 4.78 is 4.76. The average Bonchev–Trinajstić information content (AvgIpc) is 3.60. The van der Waals surface area contributed by atoms with Gasteiger partial charge in [-0.3, -0.25) is 4.98 Å². The highest BCUT2D eigenvalue weighted by atomic mass is 15.0. The zero-order valence-corrected chi connectivity index (χ0v) is 23.8. The van der Waals surface area contributed by atoms with E-state index in [0.29, 0.717) is 0 Å². The SMILES string of the molecule is c1ccc(-c2cc(-n3c4ccccc4c4cc5c(cc43)c3ccccc3n5-c3ccncc3)cc(-c3ccccc3)n2)cc1. The number of hydrogen-bond acceptors (Lipinski definition) is 2. The summed E-state index contributed by atoms with van der Waals surface area (Å²) in [6.07, 6.45) is 3.72. The van der Waals surface area contributed by atoms with Gasteiger partial charge >= 0.3 is 0 Å². The van der Waals surface area contributed by atoms with E-state index in [1.807, 2.05) is 24.5 Å². The number of fused-ring (bicyclic) bond motifs is 6. The van der Waals surface area contributed by atoms with Crippen LogP contribution in [-0.4, -0.2) is 19.1 Å². The number of hydrogen-bond donors (Lipinski definition) is 0. The van der Waals surface area contributed by atoms with E-state index in [1.165, 1.54) is 43.6 Å². The largest absolute Gasteiger partial charge is 0.309 e. The van der Waals surface area contributed by atoms with Gasteiger partial charge < -0.3 is 9.13 Å². The molecule has 206 valence electrons. The van der Waals surface area contributed by atoms with Crippen LogP contribution >= 0.6 is 0 Å². The number of aromatic nitrogens is 4. The molecule has 0 atom stereocenters. The molecule has 0 bridgehead atoms. The molecule has 9 rings (SSSR count). The van der Waals surface area contributed by atoms with E-state index in [9.17, 15) is 0 Å². The predicted molar refractivity (Wildman–Crippen MR) is 182 cm³/mol. The lowest BCUT2D eigenvalue weighted by Gasteiger charge is -2.13. The maximum Gasteiger partial charge on any atom is 0.0730 e. The number of rotatable bonds is 4. The Bertz CT molecular complexity index is 2420. The lowest BCUT2D eigenvalue weighted by molar-refractivity contribution is 1.15. The summed E-state index contributed by atoms with van der Waals surface area (Å²) in [5, 5.41) is 4.87. The van der Waals surface area contributed by atoms with Gasteiger partial charge in [-0.15, -0.1) is 0 Å². The van der Waals surface area contributed by atoms with Crippen molar-refractivity contribution >= 4 is 43.6 Å². The Labute approximate surface area is 254 Å². The first kappa shape index (κ1) is 24.6. The topological polar surface area (TPSA) is 35.6 Å². The van der Waals surface area contributed by atoms with Gasteiger partial charge in [0.1, 0.15) is 0 Å². The molecule has 0 saturated heterocycles. The van der Waals surface area contributed by atoms with E-state index in [0.717, 1.165) is 33.9 Å². The van der Waals surface area contributed by atoms with Crippen molar-refractivity contribution in [1.29, 1.82) is 0 Å². The van der Waals surface area contributed by atoms with Gasteiger partial charge in [0.05, 0.1) is 39.1 Å². The molecule has 0 aliphatic heterocycles. The summed E-state index contributed by atoms with van der Waals surface area (Å²) in [6, 6.07) is 51.6. The van der Waals surface area contributed by atoms with Crippen LogP contribution in [0.15, 0.2) is 158 Å². The standard InChI is InChI=1S/C40H26N4/c1-3-11-27(12-4-1)35-23-30(24-36(42-35)28-13-5-2-6-14-28)44-38-18-10-8-16-32(38)34-25-39-33(26-40(34)44)31-15-7-9-17-37(31)43(39)29-19-21-41-22-20-29/h1-26H. The zero-order chi connectivity index (χ0) is 29.0. The van der Waals surface area contributed by atoms with E-state index in [2.05, 4.69) is 148 Å². The quantitative estimate of drug-likeness (QED) is 0.214. The fourth-order valence-electron chi connectivity index (χ4n) is 6.64. The van der Waals surface area contributed by atoms with E-state index >= 15 is 0 Å². The fraction of sp³-hybridized carbons (Fsp3) is 0. The number of nitrogens with zero attached hydrogens (tertiary/aromatic N) is 4. The maximum absolute atomic E-state index is 5.15. The molecule has 4 nitrogen and oxygen atoms in total. The minimum atomic E-state index is 0.947. The fourth-order valence-corrected chi connectivity index (χ4v) is 6.64. The van der Waals surface area contributed by atoms with Crippen LogP contribution in [0.3, 0.4) is 0 Å². The highest BCUT2D eigenvalue weighted by molar-refractivity contribution is 6.19. The first-order valence-corrected chi connectivity index (χ1v) is 14.8. The van der Waals surface area contributed by atoms with E-state index < -0.39 is 0 Å². The Morgan fingerprint density at radius 3 is 1.34 bits per heavy atom. The van der Waals surface area contributed by atoms with Gasteiger partial charge in [0.2, 0.25) is 0 Å². The summed E-state index contributed by atoms with van der Waals surface area (Å²) in [4.78, 5) is 9.43. The Balaban J connectivity index is 1.40. The average molecular weight is 563 g/mol. The van der Waals surface area contributed by atoms with Crippen LogP contribution in [0.25, 0.3) is 77.5 Å². The zero-order valence-electron chi connectivity index (χ0n) is 23.8. The van der Waals surface area contributed by atoms with Crippen LogP contribution in [0.4, 0.5) is 0 Å². The van der Waals surface area contributed by atoms with Crippen LogP contribution in [0.2, 0.25) is 0 Å². The molecule has 0 aliphatic carbocycles. The second-order valence-corrected chi connectivity index (χ2v) is 11.1. The van der Waals surface area contributed by atoms with Crippen LogP contribution in [-0.2, 0) is 0 Å². The van der Waals surface area contributed by atoms with Crippen molar-refractivity contribution in [2.24, 2.45) is 0 Å². The first-order valence-electron chi connectivity index (χ1n) is 14.8. The Hall–Kier alpha value is -6.00. The van der Waals surface area contributed by atoms with Gasteiger partial charge in [0.25, 0.3) is 0 Å². The molecule has 0 aliphatic rings. The van der Waals surface area contributed by atoms with E-state index in [-0.39, 0.29) is 0 Å². The molecule has 4 heterocycles. The third-order valence-corrected chi connectivity index (χ3v) is 8.59. The Morgan fingerprint density at radius 1 is 0.364 bits per heavy atom. The van der Waals surface area contributed by atoms with Crippen molar-refractivity contribution in [2.45, 2.75) is 0 Å². The first-order chi connectivity index (χ1) is 21.8. The molecule has 0 spiro atoms. The van der Waals surface area contributed by atoms with Crippen LogP contribution in [0.5, 0.6) is 0 Å². The van der Waals surface area contributed by atoms with Gasteiger partial charge in [-0.25, -0.2) is 4.98 Å². The molecule has 0 fully saturated rings. The molecule has 0 N–H and O–H groups in total. The molecular formula is C40H26N4. The maximum atomic E-state index is 5.15. The van der Waals surface area contributed by atoms with Crippen molar-refractivity contribution in [3.8, 4) is 33.9 Å². The number of para-hydroxylation sites is 2. The molecular weight excluding hydrogens is 536 g/mol. The lowest BCUT2D eigenvalue weighted by Crippen LogP contribution is -1.98. The molecule has 4 aromatic heterocycles. The van der Waals surface area contributed by atoms with Crippen LogP contribution in [0.1, 0.15) is 0 Å². The number of pyridine rings is 2. The summed E-state index contributed by atoms with van der Waals surface area (Å²) in [5.74, 6) is 0.